The van der Waals surface area contributed by atoms with Gasteiger partial charge in [0.25, 0.3) is 0 Å². The summed E-state index contributed by atoms with van der Waals surface area (Å²) in [5, 5.41) is 0. The van der Waals surface area contributed by atoms with Gasteiger partial charge in [-0.1, -0.05) is 13.8 Å². The van der Waals surface area contributed by atoms with E-state index in [1.807, 2.05) is 11.8 Å². The molecule has 2 nitrogen and oxygen atoms in total. The van der Waals surface area contributed by atoms with Crippen LogP contribution in [0.3, 0.4) is 0 Å². The molecule has 0 radical (unpaired) electrons. The Labute approximate surface area is 100.0 Å². The molecule has 92 valence electrons. The fourth-order valence-electron chi connectivity index (χ4n) is 1.55. The summed E-state index contributed by atoms with van der Waals surface area (Å²) in [5.74, 6) is 1.96. The van der Waals surface area contributed by atoms with Gasteiger partial charge in [0.1, 0.15) is 0 Å². The highest BCUT2D eigenvalue weighted by atomic mass is 32.2. The minimum atomic E-state index is 0.181. The maximum Gasteiger partial charge on any atom is 0.0301 e. The van der Waals surface area contributed by atoms with Crippen molar-refractivity contribution in [2.75, 3.05) is 32.1 Å². The van der Waals surface area contributed by atoms with Crippen molar-refractivity contribution < 1.29 is 0 Å². The van der Waals surface area contributed by atoms with Crippen LogP contribution in [0.2, 0.25) is 0 Å². The summed E-state index contributed by atoms with van der Waals surface area (Å²) in [4.78, 5) is 2.42. The lowest BCUT2D eigenvalue weighted by Gasteiger charge is -2.38. The van der Waals surface area contributed by atoms with E-state index in [0.717, 1.165) is 19.0 Å². The molecule has 0 spiro atoms. The molecule has 0 saturated heterocycles. The molecule has 0 aliphatic carbocycles. The highest BCUT2D eigenvalue weighted by Gasteiger charge is 2.26. The Morgan fingerprint density at radius 3 is 2.40 bits per heavy atom. The molecule has 3 heteroatoms. The maximum absolute atomic E-state index is 5.92. The normalized spacial score (nSPS) is 16.0. The molecule has 1 atom stereocenters. The quantitative estimate of drug-likeness (QED) is 0.697. The number of likely N-dealkylation sites (N-methyl/N-ethyl adjacent to an activating group) is 1. The molecule has 0 heterocycles. The molecular formula is C12H28N2S. The average Bonchev–Trinajstić information content (AvgIpc) is 2.22. The van der Waals surface area contributed by atoms with Crippen LogP contribution in [0.4, 0.5) is 0 Å². The lowest BCUT2D eigenvalue weighted by Crippen LogP contribution is -2.50. The summed E-state index contributed by atoms with van der Waals surface area (Å²) in [6.07, 6.45) is 4.62. The van der Waals surface area contributed by atoms with Crippen molar-refractivity contribution in [3.05, 3.63) is 0 Å². The average molecular weight is 232 g/mol. The molecule has 15 heavy (non-hydrogen) atoms. The van der Waals surface area contributed by atoms with Crippen LogP contribution in [0.25, 0.3) is 0 Å². The highest BCUT2D eigenvalue weighted by Crippen LogP contribution is 2.21. The second-order valence-corrected chi connectivity index (χ2v) is 6.03. The third-order valence-corrected chi connectivity index (χ3v) is 3.84. The third-order valence-electron chi connectivity index (χ3n) is 3.25. The zero-order chi connectivity index (χ0) is 11.9. The van der Waals surface area contributed by atoms with Crippen LogP contribution < -0.4 is 5.73 Å². The molecule has 0 aliphatic rings. The van der Waals surface area contributed by atoms with Gasteiger partial charge in [-0.25, -0.2) is 0 Å². The molecule has 0 aromatic rings. The number of nitrogens with two attached hydrogens (primary N) is 1. The lowest BCUT2D eigenvalue weighted by molar-refractivity contribution is 0.135. The van der Waals surface area contributed by atoms with Gasteiger partial charge in [-0.3, -0.25) is 4.90 Å². The fourth-order valence-corrected chi connectivity index (χ4v) is 2.00. The van der Waals surface area contributed by atoms with E-state index in [1.165, 1.54) is 18.6 Å². The third kappa shape index (κ3) is 5.79. The van der Waals surface area contributed by atoms with Crippen LogP contribution in [0.5, 0.6) is 0 Å². The number of hydrogen-bond donors (Lipinski definition) is 1. The molecule has 0 fully saturated rings. The molecular weight excluding hydrogens is 204 g/mol. The Morgan fingerprint density at radius 1 is 1.40 bits per heavy atom. The van der Waals surface area contributed by atoms with Crippen molar-refractivity contribution in [2.45, 2.75) is 39.2 Å². The van der Waals surface area contributed by atoms with Crippen LogP contribution in [-0.4, -0.2) is 42.6 Å². The summed E-state index contributed by atoms with van der Waals surface area (Å²) in [7, 11) is 2.20. The van der Waals surface area contributed by atoms with E-state index in [1.54, 1.807) is 0 Å². The molecule has 0 aromatic carbocycles. The monoisotopic (exact) mass is 232 g/mol. The highest BCUT2D eigenvalue weighted by molar-refractivity contribution is 7.98. The second kappa shape index (κ2) is 7.53. The molecule has 0 aliphatic heterocycles. The zero-order valence-electron chi connectivity index (χ0n) is 11.0. The van der Waals surface area contributed by atoms with Crippen molar-refractivity contribution in [3.8, 4) is 0 Å². The number of hydrogen-bond acceptors (Lipinski definition) is 3. The van der Waals surface area contributed by atoms with Crippen LogP contribution in [0.1, 0.15) is 33.6 Å². The molecule has 0 amide bonds. The van der Waals surface area contributed by atoms with Crippen molar-refractivity contribution >= 4 is 11.8 Å². The van der Waals surface area contributed by atoms with Gasteiger partial charge in [0, 0.05) is 24.4 Å². The van der Waals surface area contributed by atoms with Gasteiger partial charge in [-0.05, 0) is 39.0 Å². The largest absolute Gasteiger partial charge is 0.329 e. The summed E-state index contributed by atoms with van der Waals surface area (Å²) >= 11 is 1.90. The van der Waals surface area contributed by atoms with Crippen LogP contribution in [0.15, 0.2) is 0 Å². The van der Waals surface area contributed by atoms with Crippen LogP contribution >= 0.6 is 11.8 Å². The number of thioether (sulfide) groups is 1. The molecule has 2 N–H and O–H groups in total. The summed E-state index contributed by atoms with van der Waals surface area (Å²) in [6, 6.07) is 0. The minimum Gasteiger partial charge on any atom is -0.329 e. The van der Waals surface area contributed by atoms with E-state index in [4.69, 9.17) is 5.73 Å². The van der Waals surface area contributed by atoms with Crippen molar-refractivity contribution in [1.29, 1.82) is 0 Å². The topological polar surface area (TPSA) is 29.3 Å². The maximum atomic E-state index is 5.92. The Balaban J connectivity index is 4.14. The molecule has 0 bridgehead atoms. The van der Waals surface area contributed by atoms with E-state index in [9.17, 15) is 0 Å². The van der Waals surface area contributed by atoms with Crippen molar-refractivity contribution in [3.63, 3.8) is 0 Å². The van der Waals surface area contributed by atoms with E-state index >= 15 is 0 Å². The molecule has 1 unspecified atom stereocenters. The molecule has 0 aromatic heterocycles. The van der Waals surface area contributed by atoms with E-state index in [2.05, 4.69) is 39.0 Å². The van der Waals surface area contributed by atoms with Gasteiger partial charge < -0.3 is 5.73 Å². The van der Waals surface area contributed by atoms with Crippen LogP contribution in [-0.2, 0) is 0 Å². The molecule has 0 saturated carbocycles. The Bertz CT molecular complexity index is 162. The summed E-state index contributed by atoms with van der Waals surface area (Å²) in [6.45, 7) is 8.73. The van der Waals surface area contributed by atoms with Gasteiger partial charge in [-0.15, -0.1) is 0 Å². The van der Waals surface area contributed by atoms with Crippen LogP contribution in [0, 0.1) is 5.92 Å². The Kier molecular flexibility index (Phi) is 7.66. The van der Waals surface area contributed by atoms with E-state index in [-0.39, 0.29) is 5.54 Å². The summed E-state index contributed by atoms with van der Waals surface area (Å²) < 4.78 is 0. The van der Waals surface area contributed by atoms with Crippen molar-refractivity contribution in [1.82, 2.24) is 4.90 Å². The first-order valence-corrected chi connectivity index (χ1v) is 7.26. The lowest BCUT2D eigenvalue weighted by atomic mass is 9.90. The SMILES string of the molecule is CSCCN(C)C(C)(CN)CCC(C)C. The predicted molar refractivity (Wildman–Crippen MR) is 72.5 cm³/mol. The first-order chi connectivity index (χ1) is 6.96. The van der Waals surface area contributed by atoms with Gasteiger partial charge >= 0.3 is 0 Å². The number of nitrogens with zero attached hydrogens (tertiary/aromatic N) is 1. The second-order valence-electron chi connectivity index (χ2n) is 5.05. The number of rotatable bonds is 8. The minimum absolute atomic E-state index is 0.181. The van der Waals surface area contributed by atoms with E-state index in [0.29, 0.717) is 0 Å². The van der Waals surface area contributed by atoms with Gasteiger partial charge in [0.15, 0.2) is 0 Å². The molecule has 0 rings (SSSR count). The van der Waals surface area contributed by atoms with Gasteiger partial charge in [-0.2, -0.15) is 11.8 Å². The first-order valence-electron chi connectivity index (χ1n) is 5.86. The predicted octanol–water partition coefficient (Wildman–Crippen LogP) is 2.43. The Hall–Kier alpha value is 0.270. The van der Waals surface area contributed by atoms with Gasteiger partial charge in [0.2, 0.25) is 0 Å². The van der Waals surface area contributed by atoms with Crippen molar-refractivity contribution in [2.24, 2.45) is 11.7 Å². The Morgan fingerprint density at radius 2 is 2.00 bits per heavy atom. The summed E-state index contributed by atoms with van der Waals surface area (Å²) in [5.41, 5.74) is 6.10. The van der Waals surface area contributed by atoms with Gasteiger partial charge in [0.05, 0.1) is 0 Å². The smallest absolute Gasteiger partial charge is 0.0301 e. The first kappa shape index (κ1) is 15.3. The fraction of sp³-hybridized carbons (Fsp3) is 1.00. The van der Waals surface area contributed by atoms with E-state index < -0.39 is 0 Å². The zero-order valence-corrected chi connectivity index (χ0v) is 11.9. The standard InChI is InChI=1S/C12H28N2S/c1-11(2)6-7-12(3,10-13)14(4)8-9-15-5/h11H,6-10,13H2,1-5H3.